The fourth-order valence-corrected chi connectivity index (χ4v) is 2.51. The van der Waals surface area contributed by atoms with E-state index in [0.717, 1.165) is 5.01 Å². The average molecular weight is 336 g/mol. The van der Waals surface area contributed by atoms with Gasteiger partial charge in [-0.15, -0.1) is 10.2 Å². The molecule has 0 unspecified atom stereocenters. The zero-order valence-corrected chi connectivity index (χ0v) is 13.7. The van der Waals surface area contributed by atoms with Crippen LogP contribution in [0.2, 0.25) is 0 Å². The Bertz CT molecular complexity index is 729. The lowest BCUT2D eigenvalue weighted by atomic mass is 10.2. The van der Waals surface area contributed by atoms with Crippen LogP contribution in [-0.4, -0.2) is 27.6 Å². The van der Waals surface area contributed by atoms with Crippen molar-refractivity contribution in [2.75, 3.05) is 11.9 Å². The summed E-state index contributed by atoms with van der Waals surface area (Å²) in [7, 11) is 0. The van der Waals surface area contributed by atoms with Gasteiger partial charge in [0, 0.05) is 17.5 Å². The summed E-state index contributed by atoms with van der Waals surface area (Å²) in [5, 5.41) is 22.5. The van der Waals surface area contributed by atoms with E-state index in [2.05, 4.69) is 15.5 Å². The average Bonchev–Trinajstić information content (AvgIpc) is 2.93. The van der Waals surface area contributed by atoms with Crippen LogP contribution >= 0.6 is 11.3 Å². The van der Waals surface area contributed by atoms with Crippen molar-refractivity contribution in [1.82, 2.24) is 10.2 Å². The van der Waals surface area contributed by atoms with Gasteiger partial charge in [0.25, 0.3) is 11.6 Å². The number of hydrogen-bond acceptors (Lipinski definition) is 7. The highest BCUT2D eigenvalue weighted by Gasteiger charge is 2.13. The molecular formula is C14H16N4O4S. The van der Waals surface area contributed by atoms with E-state index in [-0.39, 0.29) is 24.1 Å². The summed E-state index contributed by atoms with van der Waals surface area (Å²) in [6, 6.07) is 4.33. The number of benzene rings is 1. The standard InChI is InChI=1S/C14H16N4O4S/c1-8(2)13-16-17-14(23-13)15-12(19)7-22-10-4-5-11(18(20)21)9(3)6-10/h4-6,8H,7H2,1-3H3,(H,15,17,19). The van der Waals surface area contributed by atoms with E-state index in [4.69, 9.17) is 4.74 Å². The van der Waals surface area contributed by atoms with Crippen molar-refractivity contribution in [2.45, 2.75) is 26.7 Å². The Kier molecular flexibility index (Phi) is 5.22. The van der Waals surface area contributed by atoms with Crippen LogP contribution < -0.4 is 10.1 Å². The lowest BCUT2D eigenvalue weighted by Crippen LogP contribution is -2.20. The molecule has 8 nitrogen and oxygen atoms in total. The molecule has 0 atom stereocenters. The molecule has 0 aliphatic rings. The number of anilines is 1. The second-order valence-electron chi connectivity index (χ2n) is 5.14. The van der Waals surface area contributed by atoms with Gasteiger partial charge < -0.3 is 4.74 Å². The number of nitro groups is 1. The van der Waals surface area contributed by atoms with Gasteiger partial charge in [0.1, 0.15) is 10.8 Å². The predicted molar refractivity (Wildman–Crippen MR) is 86.0 cm³/mol. The third kappa shape index (κ3) is 4.46. The highest BCUT2D eigenvalue weighted by Crippen LogP contribution is 2.24. The number of rotatable bonds is 6. The number of ether oxygens (including phenoxy) is 1. The minimum Gasteiger partial charge on any atom is -0.484 e. The fraction of sp³-hybridized carbons (Fsp3) is 0.357. The van der Waals surface area contributed by atoms with Crippen LogP contribution in [-0.2, 0) is 4.79 Å². The van der Waals surface area contributed by atoms with Gasteiger partial charge in [-0.25, -0.2) is 0 Å². The number of nitrogens with zero attached hydrogens (tertiary/aromatic N) is 3. The van der Waals surface area contributed by atoms with Crippen LogP contribution in [0.1, 0.15) is 30.3 Å². The molecule has 0 aliphatic heterocycles. The summed E-state index contributed by atoms with van der Waals surface area (Å²) < 4.78 is 5.33. The van der Waals surface area contributed by atoms with Crippen LogP contribution in [0.4, 0.5) is 10.8 Å². The first kappa shape index (κ1) is 16.8. The number of carbonyl (C=O) groups is 1. The number of carbonyl (C=O) groups excluding carboxylic acids is 1. The first-order chi connectivity index (χ1) is 10.9. The Morgan fingerprint density at radius 1 is 1.43 bits per heavy atom. The molecule has 1 heterocycles. The second-order valence-corrected chi connectivity index (χ2v) is 6.15. The van der Waals surface area contributed by atoms with E-state index in [9.17, 15) is 14.9 Å². The van der Waals surface area contributed by atoms with Gasteiger partial charge in [0.2, 0.25) is 5.13 Å². The molecule has 2 rings (SSSR count). The van der Waals surface area contributed by atoms with Crippen molar-refractivity contribution in [3.63, 3.8) is 0 Å². The minimum absolute atomic E-state index is 0.0110. The van der Waals surface area contributed by atoms with Crippen LogP contribution in [0.5, 0.6) is 5.75 Å². The quantitative estimate of drug-likeness (QED) is 0.642. The third-order valence-corrected chi connectivity index (χ3v) is 4.06. The normalized spacial score (nSPS) is 10.6. The molecule has 0 saturated carbocycles. The third-order valence-electron chi connectivity index (χ3n) is 2.92. The lowest BCUT2D eigenvalue weighted by Gasteiger charge is -2.06. The highest BCUT2D eigenvalue weighted by molar-refractivity contribution is 7.15. The molecule has 1 aromatic heterocycles. The Balaban J connectivity index is 1.91. The largest absolute Gasteiger partial charge is 0.484 e. The smallest absolute Gasteiger partial charge is 0.272 e. The van der Waals surface area contributed by atoms with Gasteiger partial charge in [-0.1, -0.05) is 25.2 Å². The number of amides is 1. The van der Waals surface area contributed by atoms with Crippen LogP contribution in [0.25, 0.3) is 0 Å². The Labute approximate surface area is 136 Å². The van der Waals surface area contributed by atoms with Crippen molar-refractivity contribution in [3.8, 4) is 5.75 Å². The van der Waals surface area contributed by atoms with E-state index in [1.165, 1.54) is 29.5 Å². The van der Waals surface area contributed by atoms with Gasteiger partial charge in [0.15, 0.2) is 6.61 Å². The fourth-order valence-electron chi connectivity index (χ4n) is 1.75. The number of nitrogens with one attached hydrogen (secondary N) is 1. The Morgan fingerprint density at radius 3 is 2.74 bits per heavy atom. The molecule has 0 aliphatic carbocycles. The van der Waals surface area contributed by atoms with E-state index in [1.54, 1.807) is 6.92 Å². The van der Waals surface area contributed by atoms with Crippen molar-refractivity contribution < 1.29 is 14.5 Å². The molecule has 9 heteroatoms. The van der Waals surface area contributed by atoms with E-state index in [0.29, 0.717) is 16.4 Å². The minimum atomic E-state index is -0.465. The molecule has 0 bridgehead atoms. The molecule has 1 N–H and O–H groups in total. The molecule has 1 amide bonds. The van der Waals surface area contributed by atoms with Crippen molar-refractivity contribution >= 4 is 28.1 Å². The Morgan fingerprint density at radius 2 is 2.17 bits per heavy atom. The van der Waals surface area contributed by atoms with Gasteiger partial charge in [-0.05, 0) is 19.1 Å². The lowest BCUT2D eigenvalue weighted by molar-refractivity contribution is -0.385. The molecule has 122 valence electrons. The maximum Gasteiger partial charge on any atom is 0.272 e. The first-order valence-electron chi connectivity index (χ1n) is 6.88. The van der Waals surface area contributed by atoms with Crippen molar-refractivity contribution in [2.24, 2.45) is 0 Å². The maximum absolute atomic E-state index is 11.8. The van der Waals surface area contributed by atoms with E-state index in [1.807, 2.05) is 13.8 Å². The van der Waals surface area contributed by atoms with Crippen LogP contribution in [0, 0.1) is 17.0 Å². The topological polar surface area (TPSA) is 107 Å². The van der Waals surface area contributed by atoms with Crippen molar-refractivity contribution in [3.05, 3.63) is 38.9 Å². The monoisotopic (exact) mass is 336 g/mol. The van der Waals surface area contributed by atoms with E-state index >= 15 is 0 Å². The number of hydrogen-bond donors (Lipinski definition) is 1. The zero-order chi connectivity index (χ0) is 17.0. The molecular weight excluding hydrogens is 320 g/mol. The summed E-state index contributed by atoms with van der Waals surface area (Å²) in [6.07, 6.45) is 0. The second kappa shape index (κ2) is 7.14. The number of aryl methyl sites for hydroxylation is 1. The van der Waals surface area contributed by atoms with Gasteiger partial charge >= 0.3 is 0 Å². The molecule has 2 aromatic rings. The molecule has 0 fully saturated rings. The predicted octanol–water partition coefficient (Wildman–Crippen LogP) is 2.90. The maximum atomic E-state index is 11.8. The molecule has 1 aromatic carbocycles. The number of aromatic nitrogens is 2. The van der Waals surface area contributed by atoms with Crippen LogP contribution in [0.3, 0.4) is 0 Å². The summed E-state index contributed by atoms with van der Waals surface area (Å²) in [5.74, 6) is 0.272. The number of nitro benzene ring substituents is 1. The SMILES string of the molecule is Cc1cc(OCC(=O)Nc2nnc(C(C)C)s2)ccc1[N+](=O)[O-]. The highest BCUT2D eigenvalue weighted by atomic mass is 32.1. The zero-order valence-electron chi connectivity index (χ0n) is 12.9. The summed E-state index contributed by atoms with van der Waals surface area (Å²) >= 11 is 1.31. The molecule has 0 saturated heterocycles. The van der Waals surface area contributed by atoms with E-state index < -0.39 is 4.92 Å². The van der Waals surface area contributed by atoms with Gasteiger partial charge in [-0.3, -0.25) is 20.2 Å². The molecule has 23 heavy (non-hydrogen) atoms. The first-order valence-corrected chi connectivity index (χ1v) is 7.69. The van der Waals surface area contributed by atoms with Gasteiger partial charge in [0.05, 0.1) is 4.92 Å². The van der Waals surface area contributed by atoms with Gasteiger partial charge in [-0.2, -0.15) is 0 Å². The molecule has 0 radical (unpaired) electrons. The van der Waals surface area contributed by atoms with Crippen molar-refractivity contribution in [1.29, 1.82) is 0 Å². The Hall–Kier alpha value is -2.55. The summed E-state index contributed by atoms with van der Waals surface area (Å²) in [5.41, 5.74) is 0.482. The van der Waals surface area contributed by atoms with Crippen LogP contribution in [0.15, 0.2) is 18.2 Å². The molecule has 0 spiro atoms. The summed E-state index contributed by atoms with van der Waals surface area (Å²) in [6.45, 7) is 5.38. The summed E-state index contributed by atoms with van der Waals surface area (Å²) in [4.78, 5) is 22.1.